The molecule has 17 unspecified atom stereocenters. The minimum absolute atomic E-state index is 0.203. The van der Waals surface area contributed by atoms with Gasteiger partial charge in [0.1, 0.15) is 73.2 Å². The maximum absolute atomic E-state index is 13.5. The fourth-order valence-corrected chi connectivity index (χ4v) is 12.5. The van der Waals surface area contributed by atoms with E-state index in [1.807, 2.05) is 0 Å². The Labute approximate surface area is 608 Å². The van der Waals surface area contributed by atoms with E-state index < -0.39 is 124 Å². The van der Waals surface area contributed by atoms with Crippen LogP contribution in [0, 0.1) is 0 Å². The largest absolute Gasteiger partial charge is 0.394 e. The number of ether oxygens (including phenoxy) is 6. The molecule has 580 valence electrons. The highest BCUT2D eigenvalue weighted by molar-refractivity contribution is 5.76. The van der Waals surface area contributed by atoms with Crippen molar-refractivity contribution in [2.45, 2.75) is 362 Å². The summed E-state index contributed by atoms with van der Waals surface area (Å²) >= 11 is 0. The third-order valence-electron chi connectivity index (χ3n) is 18.8. The van der Waals surface area contributed by atoms with Crippen molar-refractivity contribution < 1.29 is 89.4 Å². The molecule has 19 nitrogen and oxygen atoms in total. The predicted octanol–water partition coefficient (Wildman–Crippen LogP) is 12.7. The summed E-state index contributed by atoms with van der Waals surface area (Å²) in [6.07, 6.45) is 58.5. The van der Waals surface area contributed by atoms with E-state index in [1.165, 1.54) is 122 Å². The monoisotopic (exact) mass is 1430 g/mol. The fourth-order valence-electron chi connectivity index (χ4n) is 12.5. The molecule has 3 aliphatic heterocycles. The van der Waals surface area contributed by atoms with Gasteiger partial charge in [0.25, 0.3) is 0 Å². The van der Waals surface area contributed by atoms with Crippen LogP contribution in [0.4, 0.5) is 0 Å². The summed E-state index contributed by atoms with van der Waals surface area (Å²) in [5.74, 6) is -0.288. The first-order valence-corrected chi connectivity index (χ1v) is 39.3. The number of allylic oxidation sites excluding steroid dienone is 20. The van der Waals surface area contributed by atoms with E-state index in [1.54, 1.807) is 0 Å². The summed E-state index contributed by atoms with van der Waals surface area (Å²) in [6, 6.07) is -0.922. The SMILES string of the molecule is CC/C=C\C/C=C\C/C=C\C/C=C\C/C=C\C/C=C\C/C=C\C/C=C\C/C=C\C/C=C\CCCCC(=O)NC(COC1OC(CO)C(OC2OC(CO)C(OC3OC(CO)C(O)C(O)C3O)C(O)C2O)C(O)C1O)C(O)CCCCCCCCCCCCCCCCCCCCCCCCC. The molecule has 3 fully saturated rings. The molecule has 3 saturated heterocycles. The normalized spacial score (nSPS) is 27.0. The number of amides is 1. The van der Waals surface area contributed by atoms with Gasteiger partial charge in [-0.1, -0.05) is 283 Å². The van der Waals surface area contributed by atoms with E-state index >= 15 is 0 Å². The third kappa shape index (κ3) is 41.6. The Morgan fingerprint density at radius 1 is 0.366 bits per heavy atom. The van der Waals surface area contributed by atoms with Crippen molar-refractivity contribution in [2.75, 3.05) is 26.4 Å². The fraction of sp³-hybridized carbons (Fsp3) is 0.744. The van der Waals surface area contributed by atoms with E-state index in [4.69, 9.17) is 28.4 Å². The lowest BCUT2D eigenvalue weighted by atomic mass is 9.96. The van der Waals surface area contributed by atoms with Crippen molar-refractivity contribution in [2.24, 2.45) is 0 Å². The summed E-state index contributed by atoms with van der Waals surface area (Å²) in [5, 5.41) is 121. The van der Waals surface area contributed by atoms with Gasteiger partial charge in [0.2, 0.25) is 5.91 Å². The first-order chi connectivity index (χ1) is 49.3. The second-order valence-electron chi connectivity index (χ2n) is 27.4. The number of nitrogens with one attached hydrogen (secondary N) is 1. The van der Waals surface area contributed by atoms with Crippen LogP contribution in [0.5, 0.6) is 0 Å². The number of carbonyl (C=O) groups excluding carboxylic acids is 1. The highest BCUT2D eigenvalue weighted by Crippen LogP contribution is 2.33. The van der Waals surface area contributed by atoms with Gasteiger partial charge < -0.3 is 89.9 Å². The Kier molecular flexibility index (Phi) is 55.5. The quantitative estimate of drug-likeness (QED) is 0.0199. The van der Waals surface area contributed by atoms with Gasteiger partial charge in [0.05, 0.1) is 38.6 Å². The van der Waals surface area contributed by atoms with E-state index in [0.717, 1.165) is 96.3 Å². The zero-order valence-corrected chi connectivity index (χ0v) is 61.8. The van der Waals surface area contributed by atoms with E-state index in [-0.39, 0.29) is 18.9 Å². The smallest absolute Gasteiger partial charge is 0.220 e. The van der Waals surface area contributed by atoms with E-state index in [9.17, 15) is 61.0 Å². The summed E-state index contributed by atoms with van der Waals surface area (Å²) in [5.41, 5.74) is 0. The van der Waals surface area contributed by atoms with Gasteiger partial charge >= 0.3 is 0 Å². The third-order valence-corrected chi connectivity index (χ3v) is 18.8. The lowest BCUT2D eigenvalue weighted by Gasteiger charge is -2.48. The van der Waals surface area contributed by atoms with Crippen LogP contribution >= 0.6 is 0 Å². The van der Waals surface area contributed by atoms with Crippen LogP contribution in [-0.2, 0) is 33.2 Å². The number of aliphatic hydroxyl groups excluding tert-OH is 11. The number of hydrogen-bond acceptors (Lipinski definition) is 18. The Morgan fingerprint density at radius 3 is 1.05 bits per heavy atom. The molecular weight excluding hydrogens is 1290 g/mol. The summed E-state index contributed by atoms with van der Waals surface area (Å²) in [4.78, 5) is 13.5. The van der Waals surface area contributed by atoms with Gasteiger partial charge in [-0.3, -0.25) is 4.79 Å². The molecule has 12 N–H and O–H groups in total. The number of aliphatic hydroxyl groups is 11. The molecule has 0 aromatic rings. The van der Waals surface area contributed by atoms with Crippen molar-refractivity contribution in [3.8, 4) is 0 Å². The standard InChI is InChI=1S/C82H139NO18/c1-3-5-7-9-11-13-15-17-19-21-23-25-27-28-29-30-31-32-33-34-35-36-38-40-42-44-46-48-50-52-54-56-58-60-70(88)83-65(66(87)59-57-55-53-51-49-47-45-43-41-39-37-26-24-22-20-18-16-14-12-10-8-6-4-2)64-96-80-76(94)73(91)78(68(62-85)98-80)101-82-77(95)74(92)79(69(63-86)99-82)100-81-75(93)72(90)71(89)67(61-84)97-81/h5,7,11,13,17,19,23,25,28-29,31-32,34-35,38,40,44,46,50,52,65-69,71-82,84-87,89-95H,3-4,6,8-10,12,14-16,18,20-22,24,26-27,30,33,36-37,39,41-43,45,47-49,51,53-64H2,1-2H3,(H,83,88)/b7-5-,13-11-,19-17-,25-23-,29-28-,32-31-,35-34-,40-38-,46-44-,52-50-. The molecule has 3 rings (SSSR count). The number of carbonyl (C=O) groups is 1. The zero-order chi connectivity index (χ0) is 73.2. The zero-order valence-electron chi connectivity index (χ0n) is 61.8. The Bertz CT molecular complexity index is 2300. The van der Waals surface area contributed by atoms with Crippen LogP contribution in [-0.4, -0.2) is 193 Å². The highest BCUT2D eigenvalue weighted by atomic mass is 16.8. The minimum Gasteiger partial charge on any atom is -0.394 e. The van der Waals surface area contributed by atoms with Crippen molar-refractivity contribution in [1.82, 2.24) is 5.32 Å². The van der Waals surface area contributed by atoms with Crippen molar-refractivity contribution >= 4 is 5.91 Å². The highest BCUT2D eigenvalue weighted by Gasteiger charge is 2.54. The lowest BCUT2D eigenvalue weighted by Crippen LogP contribution is -2.66. The van der Waals surface area contributed by atoms with Crippen LogP contribution in [0.2, 0.25) is 0 Å². The molecule has 0 aromatic carbocycles. The van der Waals surface area contributed by atoms with Crippen LogP contribution in [0.3, 0.4) is 0 Å². The lowest BCUT2D eigenvalue weighted by molar-refractivity contribution is -0.379. The molecule has 0 aromatic heterocycles. The maximum Gasteiger partial charge on any atom is 0.220 e. The Hall–Kier alpha value is -3.81. The average molecular weight is 1430 g/mol. The van der Waals surface area contributed by atoms with Gasteiger partial charge in [-0.25, -0.2) is 0 Å². The molecule has 1 amide bonds. The van der Waals surface area contributed by atoms with E-state index in [0.29, 0.717) is 19.3 Å². The summed E-state index contributed by atoms with van der Waals surface area (Å²) in [6.45, 7) is 1.67. The van der Waals surface area contributed by atoms with Gasteiger partial charge in [-0.05, 0) is 89.9 Å². The van der Waals surface area contributed by atoms with Crippen molar-refractivity contribution in [1.29, 1.82) is 0 Å². The first-order valence-electron chi connectivity index (χ1n) is 39.3. The molecule has 0 radical (unpaired) electrons. The van der Waals surface area contributed by atoms with Crippen LogP contribution in [0.25, 0.3) is 0 Å². The number of unbranched alkanes of at least 4 members (excludes halogenated alkanes) is 24. The Morgan fingerprint density at radius 2 is 0.683 bits per heavy atom. The molecule has 0 spiro atoms. The number of rotatable bonds is 60. The topological polar surface area (TPSA) is 307 Å². The molecule has 0 saturated carbocycles. The van der Waals surface area contributed by atoms with Crippen LogP contribution in [0.1, 0.15) is 258 Å². The molecule has 19 heteroatoms. The molecule has 3 heterocycles. The minimum atomic E-state index is -1.98. The predicted molar refractivity (Wildman–Crippen MR) is 401 cm³/mol. The second kappa shape index (κ2) is 61.4. The second-order valence-corrected chi connectivity index (χ2v) is 27.4. The van der Waals surface area contributed by atoms with Crippen LogP contribution < -0.4 is 5.32 Å². The molecule has 101 heavy (non-hydrogen) atoms. The molecular formula is C82H139NO18. The number of hydrogen-bond donors (Lipinski definition) is 12. The molecule has 0 bridgehead atoms. The summed E-state index contributed by atoms with van der Waals surface area (Å²) < 4.78 is 34.5. The van der Waals surface area contributed by atoms with Gasteiger partial charge in [0.15, 0.2) is 18.9 Å². The van der Waals surface area contributed by atoms with Gasteiger partial charge in [-0.15, -0.1) is 0 Å². The van der Waals surface area contributed by atoms with Gasteiger partial charge in [0, 0.05) is 6.42 Å². The van der Waals surface area contributed by atoms with Crippen molar-refractivity contribution in [3.63, 3.8) is 0 Å². The van der Waals surface area contributed by atoms with Gasteiger partial charge in [-0.2, -0.15) is 0 Å². The van der Waals surface area contributed by atoms with Crippen LogP contribution in [0.15, 0.2) is 122 Å². The molecule has 3 aliphatic rings. The maximum atomic E-state index is 13.5. The van der Waals surface area contributed by atoms with Crippen molar-refractivity contribution in [3.05, 3.63) is 122 Å². The summed E-state index contributed by atoms with van der Waals surface area (Å²) in [7, 11) is 0. The Balaban J connectivity index is 1.41. The molecule has 17 atom stereocenters. The molecule has 0 aliphatic carbocycles. The van der Waals surface area contributed by atoms with E-state index in [2.05, 4.69) is 141 Å². The average Bonchev–Trinajstić information content (AvgIpc) is 0.783. The first kappa shape index (κ1) is 91.4.